The summed E-state index contributed by atoms with van der Waals surface area (Å²) in [6.45, 7) is 6.59. The maximum atomic E-state index is 6.12. The van der Waals surface area contributed by atoms with E-state index < -0.39 is 0 Å². The number of benzene rings is 1. The highest BCUT2D eigenvalue weighted by atomic mass is 16.5. The SMILES string of the molecule is CCC(c1ccc(OC)cc1)N1CC(C)C(N)C1. The van der Waals surface area contributed by atoms with Crippen molar-refractivity contribution in [2.24, 2.45) is 11.7 Å². The number of rotatable bonds is 4. The van der Waals surface area contributed by atoms with Crippen LogP contribution in [0.5, 0.6) is 5.75 Å². The van der Waals surface area contributed by atoms with Crippen LogP contribution >= 0.6 is 0 Å². The highest BCUT2D eigenvalue weighted by molar-refractivity contribution is 5.29. The van der Waals surface area contributed by atoms with Gasteiger partial charge in [-0.15, -0.1) is 0 Å². The van der Waals surface area contributed by atoms with Gasteiger partial charge in [0, 0.05) is 25.2 Å². The first kappa shape index (κ1) is 13.4. The second-order valence-electron chi connectivity index (χ2n) is 5.29. The lowest BCUT2D eigenvalue weighted by Crippen LogP contribution is -2.30. The van der Waals surface area contributed by atoms with E-state index in [1.54, 1.807) is 7.11 Å². The van der Waals surface area contributed by atoms with Gasteiger partial charge in [0.05, 0.1) is 7.11 Å². The molecule has 2 rings (SSSR count). The molecule has 3 nitrogen and oxygen atoms in total. The molecule has 0 aliphatic carbocycles. The zero-order chi connectivity index (χ0) is 13.1. The summed E-state index contributed by atoms with van der Waals surface area (Å²) in [6, 6.07) is 9.21. The maximum Gasteiger partial charge on any atom is 0.118 e. The average Bonchev–Trinajstić information content (AvgIpc) is 2.71. The van der Waals surface area contributed by atoms with Crippen LogP contribution < -0.4 is 10.5 Å². The van der Waals surface area contributed by atoms with E-state index in [2.05, 4.69) is 30.9 Å². The molecule has 3 atom stereocenters. The molecule has 1 fully saturated rings. The lowest BCUT2D eigenvalue weighted by molar-refractivity contribution is 0.231. The fourth-order valence-electron chi connectivity index (χ4n) is 2.82. The molecule has 2 N–H and O–H groups in total. The normalized spacial score (nSPS) is 26.2. The van der Waals surface area contributed by atoms with Gasteiger partial charge in [0.1, 0.15) is 5.75 Å². The van der Waals surface area contributed by atoms with Gasteiger partial charge in [-0.25, -0.2) is 0 Å². The molecule has 1 aromatic rings. The van der Waals surface area contributed by atoms with Crippen molar-refractivity contribution in [3.05, 3.63) is 29.8 Å². The zero-order valence-corrected chi connectivity index (χ0v) is 11.6. The Morgan fingerprint density at radius 2 is 2.00 bits per heavy atom. The van der Waals surface area contributed by atoms with Gasteiger partial charge in [-0.3, -0.25) is 4.90 Å². The van der Waals surface area contributed by atoms with Crippen LogP contribution in [0.25, 0.3) is 0 Å². The van der Waals surface area contributed by atoms with Crippen LogP contribution in [-0.2, 0) is 0 Å². The summed E-state index contributed by atoms with van der Waals surface area (Å²) in [4.78, 5) is 2.51. The van der Waals surface area contributed by atoms with Crippen molar-refractivity contribution in [2.75, 3.05) is 20.2 Å². The molecule has 0 bridgehead atoms. The van der Waals surface area contributed by atoms with E-state index in [1.165, 1.54) is 5.56 Å². The third kappa shape index (κ3) is 2.68. The molecule has 0 amide bonds. The Bertz CT molecular complexity index is 367. The summed E-state index contributed by atoms with van der Waals surface area (Å²) < 4.78 is 5.21. The van der Waals surface area contributed by atoms with Crippen molar-refractivity contribution in [1.82, 2.24) is 4.90 Å². The number of hydrogen-bond acceptors (Lipinski definition) is 3. The van der Waals surface area contributed by atoms with Crippen LogP contribution in [0.15, 0.2) is 24.3 Å². The Balaban J connectivity index is 2.12. The molecule has 1 aliphatic heterocycles. The van der Waals surface area contributed by atoms with Gasteiger partial charge < -0.3 is 10.5 Å². The molecule has 1 saturated heterocycles. The lowest BCUT2D eigenvalue weighted by atomic mass is 10.0. The van der Waals surface area contributed by atoms with Crippen LogP contribution in [0.1, 0.15) is 31.9 Å². The van der Waals surface area contributed by atoms with Gasteiger partial charge in [-0.05, 0) is 30.0 Å². The summed E-state index contributed by atoms with van der Waals surface area (Å²) in [6.07, 6.45) is 1.12. The first-order valence-corrected chi connectivity index (χ1v) is 6.79. The van der Waals surface area contributed by atoms with E-state index in [0.29, 0.717) is 18.0 Å². The monoisotopic (exact) mass is 248 g/mol. The molecule has 3 unspecified atom stereocenters. The van der Waals surface area contributed by atoms with Crippen molar-refractivity contribution in [2.45, 2.75) is 32.4 Å². The topological polar surface area (TPSA) is 38.5 Å². The summed E-state index contributed by atoms with van der Waals surface area (Å²) >= 11 is 0. The number of hydrogen-bond donors (Lipinski definition) is 1. The number of likely N-dealkylation sites (tertiary alicyclic amines) is 1. The van der Waals surface area contributed by atoms with Crippen molar-refractivity contribution in [3.8, 4) is 5.75 Å². The third-order valence-electron chi connectivity index (χ3n) is 4.03. The lowest BCUT2D eigenvalue weighted by Gasteiger charge is -2.27. The van der Waals surface area contributed by atoms with Crippen molar-refractivity contribution >= 4 is 0 Å². The molecule has 0 radical (unpaired) electrons. The molecular formula is C15H24N2O. The fourth-order valence-corrected chi connectivity index (χ4v) is 2.82. The Labute approximate surface area is 110 Å². The van der Waals surface area contributed by atoms with Gasteiger partial charge >= 0.3 is 0 Å². The van der Waals surface area contributed by atoms with Crippen LogP contribution in [0.3, 0.4) is 0 Å². The highest BCUT2D eigenvalue weighted by Gasteiger charge is 2.31. The predicted octanol–water partition coefficient (Wildman–Crippen LogP) is 2.43. The summed E-state index contributed by atoms with van der Waals surface area (Å²) in [5, 5.41) is 0. The van der Waals surface area contributed by atoms with Crippen LogP contribution in [0, 0.1) is 5.92 Å². The van der Waals surface area contributed by atoms with Gasteiger partial charge in [-0.2, -0.15) is 0 Å². The third-order valence-corrected chi connectivity index (χ3v) is 4.03. The number of ether oxygens (including phenoxy) is 1. The van der Waals surface area contributed by atoms with E-state index in [0.717, 1.165) is 25.3 Å². The highest BCUT2D eigenvalue weighted by Crippen LogP contribution is 2.30. The molecule has 18 heavy (non-hydrogen) atoms. The smallest absolute Gasteiger partial charge is 0.118 e. The van der Waals surface area contributed by atoms with E-state index in [-0.39, 0.29) is 0 Å². The molecule has 0 saturated carbocycles. The number of nitrogens with zero attached hydrogens (tertiary/aromatic N) is 1. The predicted molar refractivity (Wildman–Crippen MR) is 74.7 cm³/mol. The van der Waals surface area contributed by atoms with Crippen molar-refractivity contribution in [1.29, 1.82) is 0 Å². The van der Waals surface area contributed by atoms with Crippen LogP contribution in [-0.4, -0.2) is 31.1 Å². The Hall–Kier alpha value is -1.06. The zero-order valence-electron chi connectivity index (χ0n) is 11.6. The van der Waals surface area contributed by atoms with Crippen molar-refractivity contribution < 1.29 is 4.74 Å². The van der Waals surface area contributed by atoms with Gasteiger partial charge in [-0.1, -0.05) is 26.0 Å². The number of nitrogens with two attached hydrogens (primary N) is 1. The molecule has 0 spiro atoms. The molecule has 3 heteroatoms. The maximum absolute atomic E-state index is 6.12. The molecule has 100 valence electrons. The largest absolute Gasteiger partial charge is 0.497 e. The van der Waals surface area contributed by atoms with Gasteiger partial charge in [0.2, 0.25) is 0 Å². The summed E-state index contributed by atoms with van der Waals surface area (Å²) in [5.41, 5.74) is 7.48. The standard InChI is InChI=1S/C15H24N2O/c1-4-15(17-9-11(2)14(16)10-17)12-5-7-13(18-3)8-6-12/h5-8,11,14-15H,4,9-10,16H2,1-3H3. The first-order valence-electron chi connectivity index (χ1n) is 6.79. The molecule has 0 aromatic heterocycles. The van der Waals surface area contributed by atoms with E-state index >= 15 is 0 Å². The minimum atomic E-state index is 0.317. The van der Waals surface area contributed by atoms with Crippen molar-refractivity contribution in [3.63, 3.8) is 0 Å². The van der Waals surface area contributed by atoms with E-state index in [9.17, 15) is 0 Å². The van der Waals surface area contributed by atoms with Gasteiger partial charge in [0.25, 0.3) is 0 Å². The quantitative estimate of drug-likeness (QED) is 0.889. The first-order chi connectivity index (χ1) is 8.65. The van der Waals surface area contributed by atoms with Crippen LogP contribution in [0.4, 0.5) is 0 Å². The van der Waals surface area contributed by atoms with E-state index in [1.807, 2.05) is 12.1 Å². The minimum absolute atomic E-state index is 0.317. The Morgan fingerprint density at radius 3 is 2.44 bits per heavy atom. The fraction of sp³-hybridized carbons (Fsp3) is 0.600. The molecule has 1 aliphatic rings. The van der Waals surface area contributed by atoms with E-state index in [4.69, 9.17) is 10.5 Å². The Morgan fingerprint density at radius 1 is 1.33 bits per heavy atom. The minimum Gasteiger partial charge on any atom is -0.497 e. The number of methoxy groups -OCH3 is 1. The Kier molecular flexibility index (Phi) is 4.25. The molecule has 1 aromatic carbocycles. The van der Waals surface area contributed by atoms with Crippen LogP contribution in [0.2, 0.25) is 0 Å². The van der Waals surface area contributed by atoms with Gasteiger partial charge in [0.15, 0.2) is 0 Å². The molecular weight excluding hydrogens is 224 g/mol. The molecule has 1 heterocycles. The average molecular weight is 248 g/mol. The summed E-state index contributed by atoms with van der Waals surface area (Å²) in [5.74, 6) is 1.51. The summed E-state index contributed by atoms with van der Waals surface area (Å²) in [7, 11) is 1.70. The second-order valence-corrected chi connectivity index (χ2v) is 5.29. The second kappa shape index (κ2) is 5.72.